The van der Waals surface area contributed by atoms with Crippen LogP contribution >= 0.6 is 0 Å². The van der Waals surface area contributed by atoms with Crippen LogP contribution in [0.1, 0.15) is 30.1 Å². The van der Waals surface area contributed by atoms with E-state index in [1.54, 1.807) is 24.3 Å². The van der Waals surface area contributed by atoms with Gasteiger partial charge in [-0.2, -0.15) is 0 Å². The number of para-hydroxylation sites is 1. The van der Waals surface area contributed by atoms with Crippen molar-refractivity contribution in [3.8, 4) is 5.75 Å². The monoisotopic (exact) mass is 378 g/mol. The Morgan fingerprint density at radius 2 is 1.93 bits per heavy atom. The molecule has 0 spiro atoms. The number of rotatable bonds is 9. The van der Waals surface area contributed by atoms with E-state index >= 15 is 0 Å². The summed E-state index contributed by atoms with van der Waals surface area (Å²) in [6.45, 7) is 3.12. The third-order valence-electron chi connectivity index (χ3n) is 4.51. The van der Waals surface area contributed by atoms with E-state index in [9.17, 15) is 19.5 Å². The molecule has 1 heterocycles. The van der Waals surface area contributed by atoms with Crippen molar-refractivity contribution >= 4 is 17.8 Å². The number of carbonyl (C=O) groups excluding carboxylic acids is 2. The number of nitrogens with one attached hydrogen (secondary N) is 2. The molecule has 1 aliphatic heterocycles. The van der Waals surface area contributed by atoms with Crippen molar-refractivity contribution in [2.75, 3.05) is 32.9 Å². The Hall–Kier alpha value is -2.61. The minimum Gasteiger partial charge on any atom is -0.493 e. The van der Waals surface area contributed by atoms with Crippen molar-refractivity contribution in [3.05, 3.63) is 29.8 Å². The van der Waals surface area contributed by atoms with Crippen LogP contribution in [0.5, 0.6) is 5.75 Å². The highest BCUT2D eigenvalue weighted by atomic mass is 16.5. The molecule has 0 aromatic heterocycles. The van der Waals surface area contributed by atoms with Crippen LogP contribution in [-0.4, -0.2) is 55.8 Å². The first-order valence-electron chi connectivity index (χ1n) is 9.10. The molecule has 2 rings (SSSR count). The topological polar surface area (TPSA) is 114 Å². The highest BCUT2D eigenvalue weighted by Crippen LogP contribution is 2.23. The van der Waals surface area contributed by atoms with E-state index in [1.165, 1.54) is 0 Å². The van der Waals surface area contributed by atoms with Gasteiger partial charge in [-0.1, -0.05) is 12.1 Å². The first kappa shape index (κ1) is 20.7. The standard InChI is InChI=1S/C19H26N2O6/c1-2-27-16-6-4-3-5-14(16)18(23)21-12-17(22)20-11-15(19(24)25)13-7-9-26-10-8-13/h3-6,13,15H,2,7-12H2,1H3,(H,20,22)(H,21,23)(H,24,25). The summed E-state index contributed by atoms with van der Waals surface area (Å²) in [6.07, 6.45) is 1.33. The Bertz CT molecular complexity index is 657. The molecule has 0 aliphatic carbocycles. The van der Waals surface area contributed by atoms with E-state index in [0.717, 1.165) is 0 Å². The number of benzene rings is 1. The van der Waals surface area contributed by atoms with Crippen molar-refractivity contribution in [3.63, 3.8) is 0 Å². The molecule has 1 aromatic carbocycles. The SMILES string of the molecule is CCOc1ccccc1C(=O)NCC(=O)NCC(C(=O)O)C1CCOCC1. The second kappa shape index (κ2) is 10.5. The summed E-state index contributed by atoms with van der Waals surface area (Å²) in [5, 5.41) is 14.5. The van der Waals surface area contributed by atoms with Gasteiger partial charge < -0.3 is 25.2 Å². The lowest BCUT2D eigenvalue weighted by Crippen LogP contribution is -2.42. The van der Waals surface area contributed by atoms with E-state index in [4.69, 9.17) is 9.47 Å². The van der Waals surface area contributed by atoms with Gasteiger partial charge in [0.1, 0.15) is 5.75 Å². The number of hydrogen-bond acceptors (Lipinski definition) is 5. The van der Waals surface area contributed by atoms with Gasteiger partial charge in [-0.05, 0) is 37.8 Å². The number of amides is 2. The number of aliphatic carboxylic acids is 1. The highest BCUT2D eigenvalue weighted by molar-refractivity contribution is 5.98. The zero-order chi connectivity index (χ0) is 19.6. The molecule has 1 fully saturated rings. The quantitative estimate of drug-likeness (QED) is 0.592. The van der Waals surface area contributed by atoms with Gasteiger partial charge in [0.2, 0.25) is 5.91 Å². The van der Waals surface area contributed by atoms with Crippen LogP contribution in [0.15, 0.2) is 24.3 Å². The van der Waals surface area contributed by atoms with Crippen LogP contribution in [0.2, 0.25) is 0 Å². The fraction of sp³-hybridized carbons (Fsp3) is 0.526. The Kier molecular flexibility index (Phi) is 8.06. The molecule has 1 atom stereocenters. The van der Waals surface area contributed by atoms with E-state index in [1.807, 2.05) is 6.92 Å². The Balaban J connectivity index is 1.83. The molecule has 8 nitrogen and oxygen atoms in total. The number of carboxylic acids is 1. The van der Waals surface area contributed by atoms with Crippen LogP contribution < -0.4 is 15.4 Å². The third kappa shape index (κ3) is 6.25. The maximum atomic E-state index is 12.3. The average Bonchev–Trinajstić information content (AvgIpc) is 2.67. The highest BCUT2D eigenvalue weighted by Gasteiger charge is 2.30. The van der Waals surface area contributed by atoms with Gasteiger partial charge in [0, 0.05) is 19.8 Å². The van der Waals surface area contributed by atoms with Gasteiger partial charge in [0.15, 0.2) is 0 Å². The van der Waals surface area contributed by atoms with E-state index in [0.29, 0.717) is 44.0 Å². The predicted molar refractivity (Wildman–Crippen MR) is 97.6 cm³/mol. The summed E-state index contributed by atoms with van der Waals surface area (Å²) in [4.78, 5) is 35.8. The molecule has 1 saturated heterocycles. The van der Waals surface area contributed by atoms with E-state index in [-0.39, 0.29) is 19.0 Å². The van der Waals surface area contributed by atoms with Gasteiger partial charge in [0.05, 0.1) is 24.6 Å². The predicted octanol–water partition coefficient (Wildman–Crippen LogP) is 1.06. The van der Waals surface area contributed by atoms with E-state index in [2.05, 4.69) is 10.6 Å². The Labute approximate surface area is 158 Å². The summed E-state index contributed by atoms with van der Waals surface area (Å²) in [5.74, 6) is -2.03. The summed E-state index contributed by atoms with van der Waals surface area (Å²) in [5.41, 5.74) is 0.345. The van der Waals surface area contributed by atoms with Crippen molar-refractivity contribution in [2.24, 2.45) is 11.8 Å². The summed E-state index contributed by atoms with van der Waals surface area (Å²) in [6, 6.07) is 6.77. The molecular formula is C19H26N2O6. The first-order valence-corrected chi connectivity index (χ1v) is 9.10. The Morgan fingerprint density at radius 3 is 2.59 bits per heavy atom. The molecule has 0 saturated carbocycles. The normalized spacial score (nSPS) is 15.6. The minimum absolute atomic E-state index is 0.0239. The van der Waals surface area contributed by atoms with Crippen molar-refractivity contribution in [1.29, 1.82) is 0 Å². The maximum absolute atomic E-state index is 12.3. The summed E-state index contributed by atoms with van der Waals surface area (Å²) in [7, 11) is 0. The Morgan fingerprint density at radius 1 is 1.22 bits per heavy atom. The fourth-order valence-corrected chi connectivity index (χ4v) is 3.05. The lowest BCUT2D eigenvalue weighted by atomic mass is 9.86. The van der Waals surface area contributed by atoms with Gasteiger partial charge in [0.25, 0.3) is 5.91 Å². The summed E-state index contributed by atoms with van der Waals surface area (Å²) < 4.78 is 10.7. The molecule has 1 aliphatic rings. The lowest BCUT2D eigenvalue weighted by molar-refractivity contribution is -0.144. The molecule has 1 aromatic rings. The summed E-state index contributed by atoms with van der Waals surface area (Å²) >= 11 is 0. The zero-order valence-corrected chi connectivity index (χ0v) is 15.4. The molecule has 148 valence electrons. The molecule has 0 bridgehead atoms. The van der Waals surface area contributed by atoms with Crippen LogP contribution in [-0.2, 0) is 14.3 Å². The van der Waals surface area contributed by atoms with Crippen molar-refractivity contribution < 1.29 is 29.0 Å². The van der Waals surface area contributed by atoms with Gasteiger partial charge in [-0.3, -0.25) is 14.4 Å². The van der Waals surface area contributed by atoms with Crippen LogP contribution in [0.25, 0.3) is 0 Å². The second-order valence-electron chi connectivity index (χ2n) is 6.31. The van der Waals surface area contributed by atoms with Crippen LogP contribution in [0.4, 0.5) is 0 Å². The molecule has 1 unspecified atom stereocenters. The number of carbonyl (C=O) groups is 3. The number of carboxylic acid groups (broad SMARTS) is 1. The zero-order valence-electron chi connectivity index (χ0n) is 15.4. The molecule has 3 N–H and O–H groups in total. The molecule has 2 amide bonds. The first-order chi connectivity index (χ1) is 13.0. The van der Waals surface area contributed by atoms with Crippen LogP contribution in [0, 0.1) is 11.8 Å². The van der Waals surface area contributed by atoms with E-state index < -0.39 is 23.7 Å². The smallest absolute Gasteiger partial charge is 0.308 e. The van der Waals surface area contributed by atoms with Crippen molar-refractivity contribution in [1.82, 2.24) is 10.6 Å². The fourth-order valence-electron chi connectivity index (χ4n) is 3.05. The van der Waals surface area contributed by atoms with Gasteiger partial charge in [-0.25, -0.2) is 0 Å². The largest absolute Gasteiger partial charge is 0.493 e. The van der Waals surface area contributed by atoms with Crippen LogP contribution in [0.3, 0.4) is 0 Å². The lowest BCUT2D eigenvalue weighted by Gasteiger charge is -2.27. The van der Waals surface area contributed by atoms with Crippen molar-refractivity contribution in [2.45, 2.75) is 19.8 Å². The minimum atomic E-state index is -0.933. The second-order valence-corrected chi connectivity index (χ2v) is 6.31. The molecule has 27 heavy (non-hydrogen) atoms. The number of hydrogen-bond donors (Lipinski definition) is 3. The number of ether oxygens (including phenoxy) is 2. The third-order valence-corrected chi connectivity index (χ3v) is 4.51. The van der Waals surface area contributed by atoms with Gasteiger partial charge in [-0.15, -0.1) is 0 Å². The average molecular weight is 378 g/mol. The molecule has 0 radical (unpaired) electrons. The maximum Gasteiger partial charge on any atom is 0.308 e. The van der Waals surface area contributed by atoms with Gasteiger partial charge >= 0.3 is 5.97 Å². The molecular weight excluding hydrogens is 352 g/mol. The molecule has 8 heteroatoms.